The van der Waals surface area contributed by atoms with Gasteiger partial charge in [0.1, 0.15) is 5.75 Å². The van der Waals surface area contributed by atoms with Gasteiger partial charge in [0, 0.05) is 5.92 Å². The van der Waals surface area contributed by atoms with Crippen molar-refractivity contribution in [3.8, 4) is 5.75 Å². The maximum Gasteiger partial charge on any atom is 0.306 e. The molecule has 0 bridgehead atoms. The fraction of sp³-hybridized carbons (Fsp3) is 0.400. The van der Waals surface area contributed by atoms with Gasteiger partial charge < -0.3 is 14.6 Å². The van der Waals surface area contributed by atoms with E-state index >= 15 is 0 Å². The fourth-order valence-electron chi connectivity index (χ4n) is 1.73. The molecule has 0 saturated carbocycles. The molecule has 0 spiro atoms. The van der Waals surface area contributed by atoms with Gasteiger partial charge in [0.25, 0.3) is 0 Å². The maximum atomic E-state index is 10.9. The van der Waals surface area contributed by atoms with E-state index in [4.69, 9.17) is 14.6 Å². The molecule has 0 fully saturated rings. The first-order valence-corrected chi connectivity index (χ1v) is 7.54. The molecule has 1 rings (SSSR count). The molecular weight excluding hydrogens is 371 g/mol. The van der Waals surface area contributed by atoms with Crippen molar-refractivity contribution < 1.29 is 19.4 Å². The molecular formula is C15H19IO4. The highest BCUT2D eigenvalue weighted by Crippen LogP contribution is 2.18. The molecule has 1 N–H and O–H groups in total. The minimum Gasteiger partial charge on any atom is -0.497 e. The standard InChI is InChI=1S/C15H19IO4/c1-11(7-8-16)14(9-15(17)18)20-10-12-3-5-13(19-2)6-4-12/h3-8,11,14H,9-10H2,1-2H3,(H,17,18)/b8-7+/t11-,14+/m1/s1. The van der Waals surface area contributed by atoms with E-state index in [1.807, 2.05) is 41.3 Å². The van der Waals surface area contributed by atoms with Gasteiger partial charge in [-0.05, 0) is 21.8 Å². The molecule has 1 aromatic carbocycles. The Labute approximate surface area is 132 Å². The number of ether oxygens (including phenoxy) is 2. The zero-order valence-electron chi connectivity index (χ0n) is 11.6. The minimum absolute atomic E-state index is 0.00169. The normalized spacial score (nSPS) is 14.2. The Balaban J connectivity index is 2.62. The van der Waals surface area contributed by atoms with Gasteiger partial charge in [0.05, 0.1) is 26.2 Å². The van der Waals surface area contributed by atoms with Crippen LogP contribution in [0.2, 0.25) is 0 Å². The van der Waals surface area contributed by atoms with E-state index < -0.39 is 5.97 Å². The molecule has 0 aliphatic carbocycles. The summed E-state index contributed by atoms with van der Waals surface area (Å²) < 4.78 is 12.7. The van der Waals surface area contributed by atoms with E-state index in [-0.39, 0.29) is 18.4 Å². The lowest BCUT2D eigenvalue weighted by molar-refractivity contribution is -0.141. The number of hydrogen-bond acceptors (Lipinski definition) is 3. The van der Waals surface area contributed by atoms with Crippen molar-refractivity contribution in [1.82, 2.24) is 0 Å². The average Bonchev–Trinajstić information content (AvgIpc) is 2.43. The van der Waals surface area contributed by atoms with Crippen molar-refractivity contribution in [2.45, 2.75) is 26.1 Å². The minimum atomic E-state index is -0.849. The molecule has 0 aromatic heterocycles. The molecule has 2 atom stereocenters. The summed E-state index contributed by atoms with van der Waals surface area (Å²) in [6, 6.07) is 7.54. The topological polar surface area (TPSA) is 55.8 Å². The summed E-state index contributed by atoms with van der Waals surface area (Å²) in [7, 11) is 1.62. The summed E-state index contributed by atoms with van der Waals surface area (Å²) in [6.45, 7) is 2.35. The largest absolute Gasteiger partial charge is 0.497 e. The van der Waals surface area contributed by atoms with Crippen molar-refractivity contribution >= 4 is 28.6 Å². The second-order valence-corrected chi connectivity index (χ2v) is 5.19. The van der Waals surface area contributed by atoms with Gasteiger partial charge in [-0.2, -0.15) is 0 Å². The van der Waals surface area contributed by atoms with Crippen LogP contribution >= 0.6 is 22.6 Å². The molecule has 20 heavy (non-hydrogen) atoms. The Morgan fingerprint density at radius 2 is 2.05 bits per heavy atom. The molecule has 1 aromatic rings. The summed E-state index contributed by atoms with van der Waals surface area (Å²) in [5.41, 5.74) is 0.992. The number of methoxy groups -OCH3 is 1. The number of rotatable bonds is 8. The molecule has 0 heterocycles. The van der Waals surface area contributed by atoms with Crippen molar-refractivity contribution in [3.05, 3.63) is 40.0 Å². The summed E-state index contributed by atoms with van der Waals surface area (Å²) in [5, 5.41) is 8.94. The Hall–Kier alpha value is -1.08. The molecule has 0 saturated heterocycles. The zero-order valence-corrected chi connectivity index (χ0v) is 13.7. The van der Waals surface area contributed by atoms with Crippen LogP contribution in [0.5, 0.6) is 5.75 Å². The van der Waals surface area contributed by atoms with Crippen LogP contribution < -0.4 is 4.74 Å². The third kappa shape index (κ3) is 5.92. The van der Waals surface area contributed by atoms with Crippen LogP contribution in [-0.2, 0) is 16.1 Å². The number of aliphatic carboxylic acids is 1. The van der Waals surface area contributed by atoms with E-state index in [1.165, 1.54) is 0 Å². The lowest BCUT2D eigenvalue weighted by Crippen LogP contribution is -2.24. The molecule has 0 unspecified atom stereocenters. The monoisotopic (exact) mass is 390 g/mol. The predicted octanol–water partition coefficient (Wildman–Crippen LogP) is 3.64. The molecule has 0 amide bonds. The van der Waals surface area contributed by atoms with Gasteiger partial charge in [-0.25, -0.2) is 0 Å². The van der Waals surface area contributed by atoms with Crippen molar-refractivity contribution in [1.29, 1.82) is 0 Å². The van der Waals surface area contributed by atoms with Crippen LogP contribution in [0.1, 0.15) is 18.9 Å². The number of benzene rings is 1. The van der Waals surface area contributed by atoms with Crippen molar-refractivity contribution in [2.75, 3.05) is 7.11 Å². The lowest BCUT2D eigenvalue weighted by Gasteiger charge is -2.20. The van der Waals surface area contributed by atoms with Gasteiger partial charge in [-0.3, -0.25) is 4.79 Å². The third-order valence-electron chi connectivity index (χ3n) is 2.96. The van der Waals surface area contributed by atoms with Crippen LogP contribution in [-0.4, -0.2) is 24.3 Å². The van der Waals surface area contributed by atoms with Crippen LogP contribution in [0, 0.1) is 5.92 Å². The summed E-state index contributed by atoms with van der Waals surface area (Å²) >= 11 is 2.12. The van der Waals surface area contributed by atoms with Crippen LogP contribution in [0.4, 0.5) is 0 Å². The molecule has 0 aliphatic heterocycles. The molecule has 5 heteroatoms. The number of carbonyl (C=O) groups is 1. The SMILES string of the molecule is COc1ccc(CO[C@@H](CC(=O)O)[C@H](C)/C=C/I)cc1. The number of carboxylic acids is 1. The van der Waals surface area contributed by atoms with E-state index in [0.29, 0.717) is 6.61 Å². The lowest BCUT2D eigenvalue weighted by atomic mass is 10.0. The quantitative estimate of drug-likeness (QED) is 0.689. The Kier molecular flexibility index (Phi) is 7.61. The molecule has 0 radical (unpaired) electrons. The number of halogens is 1. The van der Waals surface area contributed by atoms with E-state index in [2.05, 4.69) is 22.6 Å². The van der Waals surface area contributed by atoms with E-state index in [9.17, 15) is 4.79 Å². The Bertz CT molecular complexity index is 442. The fourth-order valence-corrected chi connectivity index (χ4v) is 2.39. The Morgan fingerprint density at radius 1 is 1.40 bits per heavy atom. The second-order valence-electron chi connectivity index (χ2n) is 4.47. The molecule has 0 aliphatic rings. The van der Waals surface area contributed by atoms with E-state index in [1.54, 1.807) is 7.11 Å². The first-order valence-electron chi connectivity index (χ1n) is 6.30. The van der Waals surface area contributed by atoms with Crippen LogP contribution in [0.25, 0.3) is 0 Å². The summed E-state index contributed by atoms with van der Waals surface area (Å²) in [4.78, 5) is 10.9. The third-order valence-corrected chi connectivity index (χ3v) is 3.38. The highest BCUT2D eigenvalue weighted by Gasteiger charge is 2.19. The Morgan fingerprint density at radius 3 is 2.55 bits per heavy atom. The van der Waals surface area contributed by atoms with Gasteiger partial charge in [-0.1, -0.05) is 47.7 Å². The van der Waals surface area contributed by atoms with Crippen LogP contribution in [0.15, 0.2) is 34.4 Å². The van der Waals surface area contributed by atoms with Crippen molar-refractivity contribution in [2.24, 2.45) is 5.92 Å². The van der Waals surface area contributed by atoms with Gasteiger partial charge >= 0.3 is 5.97 Å². The van der Waals surface area contributed by atoms with Gasteiger partial charge in [0.15, 0.2) is 0 Å². The maximum absolute atomic E-state index is 10.9. The second kappa shape index (κ2) is 8.97. The van der Waals surface area contributed by atoms with Gasteiger partial charge in [0.2, 0.25) is 0 Å². The average molecular weight is 390 g/mol. The number of carboxylic acid groups (broad SMARTS) is 1. The predicted molar refractivity (Wildman–Crippen MR) is 86.1 cm³/mol. The first kappa shape index (κ1) is 17.0. The molecule has 4 nitrogen and oxygen atoms in total. The summed E-state index contributed by atoms with van der Waals surface area (Å²) in [6.07, 6.45) is 1.61. The van der Waals surface area contributed by atoms with Gasteiger partial charge in [-0.15, -0.1) is 0 Å². The zero-order chi connectivity index (χ0) is 15.0. The first-order chi connectivity index (χ1) is 9.56. The van der Waals surface area contributed by atoms with E-state index in [0.717, 1.165) is 11.3 Å². The smallest absolute Gasteiger partial charge is 0.306 e. The van der Waals surface area contributed by atoms with Crippen LogP contribution in [0.3, 0.4) is 0 Å². The van der Waals surface area contributed by atoms with Crippen molar-refractivity contribution in [3.63, 3.8) is 0 Å². The number of hydrogen-bond donors (Lipinski definition) is 1. The highest BCUT2D eigenvalue weighted by atomic mass is 127. The molecule has 110 valence electrons. The highest BCUT2D eigenvalue weighted by molar-refractivity contribution is 14.1. The summed E-state index contributed by atoms with van der Waals surface area (Å²) in [5.74, 6) is -0.00302.